The number of carbonyl (C=O) groups is 2. The van der Waals surface area contributed by atoms with Gasteiger partial charge >= 0.3 is 11.9 Å². The van der Waals surface area contributed by atoms with Gasteiger partial charge in [0.15, 0.2) is 5.41 Å². The molecule has 4 nitrogen and oxygen atoms in total. The van der Waals surface area contributed by atoms with Gasteiger partial charge in [-0.1, -0.05) is 37.1 Å². The Morgan fingerprint density at radius 1 is 1.00 bits per heavy atom. The van der Waals surface area contributed by atoms with Crippen LogP contribution in [0, 0.1) is 16.7 Å². The lowest BCUT2D eigenvalue weighted by Gasteiger charge is -2.28. The molecule has 4 heteroatoms. The van der Waals surface area contributed by atoms with Gasteiger partial charge in [-0.25, -0.2) is 0 Å². The lowest BCUT2D eigenvalue weighted by molar-refractivity contribution is -0.172. The van der Waals surface area contributed by atoms with E-state index in [-0.39, 0.29) is 24.5 Å². The van der Waals surface area contributed by atoms with E-state index in [1.807, 2.05) is 0 Å². The number of esters is 2. The molecule has 0 heterocycles. The molecule has 0 saturated heterocycles. The van der Waals surface area contributed by atoms with E-state index in [2.05, 4.69) is 46.8 Å². The molecule has 0 unspecified atom stereocenters. The van der Waals surface area contributed by atoms with Crippen LogP contribution in [0.25, 0.3) is 0 Å². The molecule has 1 aliphatic rings. The number of allylic oxidation sites excluding steroid dienone is 4. The van der Waals surface area contributed by atoms with Gasteiger partial charge in [0.25, 0.3) is 0 Å². The fourth-order valence-corrected chi connectivity index (χ4v) is 3.93. The summed E-state index contributed by atoms with van der Waals surface area (Å²) < 4.78 is 10.5. The maximum absolute atomic E-state index is 12.7. The predicted octanol–water partition coefficient (Wildman–Crippen LogP) is 4.84. The minimum absolute atomic E-state index is 0.145. The van der Waals surface area contributed by atoms with Gasteiger partial charge in [0.1, 0.15) is 0 Å². The first-order chi connectivity index (χ1) is 11.6. The lowest BCUT2D eigenvalue weighted by atomic mass is 9.77. The van der Waals surface area contributed by atoms with Crippen LogP contribution < -0.4 is 0 Å². The molecule has 0 aliphatic heterocycles. The van der Waals surface area contributed by atoms with Gasteiger partial charge in [-0.2, -0.15) is 0 Å². The third-order valence-corrected chi connectivity index (χ3v) is 5.10. The maximum Gasteiger partial charge on any atom is 0.323 e. The molecule has 0 aromatic heterocycles. The SMILES string of the molecule is CCOC(=O)C1(C(=O)OCC)C[C@@H](/C(C)=C/CC=C(C)C)C(C)(C)C1. The molecule has 0 amide bonds. The maximum atomic E-state index is 12.7. The quantitative estimate of drug-likeness (QED) is 0.374. The van der Waals surface area contributed by atoms with Gasteiger partial charge < -0.3 is 9.47 Å². The van der Waals surface area contributed by atoms with E-state index in [4.69, 9.17) is 9.47 Å². The van der Waals surface area contributed by atoms with Crippen LogP contribution in [0.15, 0.2) is 23.3 Å². The summed E-state index contributed by atoms with van der Waals surface area (Å²) >= 11 is 0. The third-order valence-electron chi connectivity index (χ3n) is 5.10. The lowest BCUT2D eigenvalue weighted by Crippen LogP contribution is -2.40. The summed E-state index contributed by atoms with van der Waals surface area (Å²) in [5.41, 5.74) is 1.14. The van der Waals surface area contributed by atoms with Gasteiger partial charge in [-0.15, -0.1) is 0 Å². The van der Waals surface area contributed by atoms with Crippen molar-refractivity contribution >= 4 is 11.9 Å². The van der Waals surface area contributed by atoms with Crippen LogP contribution >= 0.6 is 0 Å². The van der Waals surface area contributed by atoms with Crippen molar-refractivity contribution in [3.8, 4) is 0 Å². The summed E-state index contributed by atoms with van der Waals surface area (Å²) in [5.74, 6) is -0.742. The van der Waals surface area contributed by atoms with Crippen LogP contribution in [0.5, 0.6) is 0 Å². The smallest absolute Gasteiger partial charge is 0.323 e. The Kier molecular flexibility index (Phi) is 7.45. The van der Waals surface area contributed by atoms with E-state index < -0.39 is 17.4 Å². The van der Waals surface area contributed by atoms with Crippen LogP contribution in [-0.2, 0) is 19.1 Å². The molecule has 0 N–H and O–H groups in total. The minimum atomic E-state index is -1.19. The molecule has 1 saturated carbocycles. The number of ether oxygens (including phenoxy) is 2. The summed E-state index contributed by atoms with van der Waals surface area (Å²) in [6.45, 7) is 14.5. The third kappa shape index (κ3) is 4.96. The summed E-state index contributed by atoms with van der Waals surface area (Å²) in [7, 11) is 0. The highest BCUT2D eigenvalue weighted by Crippen LogP contribution is 2.56. The van der Waals surface area contributed by atoms with E-state index in [9.17, 15) is 9.59 Å². The average molecular weight is 350 g/mol. The Hall–Kier alpha value is -1.58. The molecule has 0 bridgehead atoms. The van der Waals surface area contributed by atoms with E-state index >= 15 is 0 Å². The Morgan fingerprint density at radius 3 is 1.96 bits per heavy atom. The highest BCUT2D eigenvalue weighted by molar-refractivity contribution is 6.00. The standard InChI is InChI=1S/C21H34O4/c1-8-24-18(22)21(19(23)25-9-2)13-17(20(6,7)14-21)16(5)12-10-11-15(3)4/h11-12,17H,8-10,13-14H2,1-7H3/b16-12+/t17-/m0/s1. The average Bonchev–Trinajstić information content (AvgIpc) is 2.80. The monoisotopic (exact) mass is 350 g/mol. The van der Waals surface area contributed by atoms with Crippen molar-refractivity contribution in [2.75, 3.05) is 13.2 Å². The summed E-state index contributed by atoms with van der Waals surface area (Å²) in [5, 5.41) is 0. The van der Waals surface area contributed by atoms with E-state index in [0.29, 0.717) is 12.8 Å². The molecule has 1 fully saturated rings. The van der Waals surface area contributed by atoms with Gasteiger partial charge in [-0.3, -0.25) is 9.59 Å². The zero-order valence-electron chi connectivity index (χ0n) is 16.9. The van der Waals surface area contributed by atoms with Crippen molar-refractivity contribution in [1.82, 2.24) is 0 Å². The van der Waals surface area contributed by atoms with Crippen molar-refractivity contribution in [2.24, 2.45) is 16.7 Å². The number of hydrogen-bond acceptors (Lipinski definition) is 4. The van der Waals surface area contributed by atoms with Crippen LogP contribution in [0.3, 0.4) is 0 Å². The van der Waals surface area contributed by atoms with Crippen LogP contribution in [-0.4, -0.2) is 25.2 Å². The van der Waals surface area contributed by atoms with Crippen molar-refractivity contribution in [2.45, 2.75) is 67.7 Å². The summed E-state index contributed by atoms with van der Waals surface area (Å²) in [6, 6.07) is 0. The Balaban J connectivity index is 3.17. The van der Waals surface area contributed by atoms with Crippen LogP contribution in [0.4, 0.5) is 0 Å². The molecule has 1 rings (SSSR count). The topological polar surface area (TPSA) is 52.6 Å². The number of carbonyl (C=O) groups excluding carboxylic acids is 2. The summed E-state index contributed by atoms with van der Waals surface area (Å²) in [4.78, 5) is 25.4. The van der Waals surface area contributed by atoms with Gasteiger partial charge in [-0.05, 0) is 65.2 Å². The largest absolute Gasteiger partial charge is 0.465 e. The van der Waals surface area contributed by atoms with Crippen LogP contribution in [0.1, 0.15) is 67.7 Å². The molecule has 142 valence electrons. The Labute approximate surface area is 152 Å². The fraction of sp³-hybridized carbons (Fsp3) is 0.714. The second kappa shape index (κ2) is 8.68. The van der Waals surface area contributed by atoms with E-state index in [0.717, 1.165) is 6.42 Å². The van der Waals surface area contributed by atoms with Crippen molar-refractivity contribution < 1.29 is 19.1 Å². The molecule has 0 aromatic rings. The molecular formula is C21H34O4. The van der Waals surface area contributed by atoms with Crippen LogP contribution in [0.2, 0.25) is 0 Å². The molecule has 1 aliphatic carbocycles. The first-order valence-electron chi connectivity index (χ1n) is 9.25. The normalized spacial score (nSPS) is 21.6. The zero-order valence-corrected chi connectivity index (χ0v) is 16.9. The van der Waals surface area contributed by atoms with Gasteiger partial charge in [0, 0.05) is 0 Å². The summed E-state index contributed by atoms with van der Waals surface area (Å²) in [6.07, 6.45) is 6.15. The molecule has 0 radical (unpaired) electrons. The number of rotatable bonds is 7. The van der Waals surface area contributed by atoms with Crippen molar-refractivity contribution in [3.63, 3.8) is 0 Å². The highest BCUT2D eigenvalue weighted by Gasteiger charge is 2.60. The minimum Gasteiger partial charge on any atom is -0.465 e. The van der Waals surface area contributed by atoms with Gasteiger partial charge in [0.2, 0.25) is 0 Å². The first kappa shape index (κ1) is 21.5. The Morgan fingerprint density at radius 2 is 1.52 bits per heavy atom. The molecule has 25 heavy (non-hydrogen) atoms. The highest BCUT2D eigenvalue weighted by atomic mass is 16.6. The fourth-order valence-electron chi connectivity index (χ4n) is 3.93. The van der Waals surface area contributed by atoms with Crippen molar-refractivity contribution in [3.05, 3.63) is 23.3 Å². The predicted molar refractivity (Wildman–Crippen MR) is 100 cm³/mol. The van der Waals surface area contributed by atoms with E-state index in [1.54, 1.807) is 13.8 Å². The molecule has 1 atom stereocenters. The first-order valence-corrected chi connectivity index (χ1v) is 9.25. The van der Waals surface area contributed by atoms with Crippen molar-refractivity contribution in [1.29, 1.82) is 0 Å². The van der Waals surface area contributed by atoms with E-state index in [1.165, 1.54) is 11.1 Å². The molecule has 0 spiro atoms. The number of hydrogen-bond donors (Lipinski definition) is 0. The molecular weight excluding hydrogens is 316 g/mol. The molecule has 0 aromatic carbocycles. The zero-order chi connectivity index (χ0) is 19.3. The second-order valence-electron chi connectivity index (χ2n) is 7.91. The second-order valence-corrected chi connectivity index (χ2v) is 7.91. The Bertz CT molecular complexity index is 532. The van der Waals surface area contributed by atoms with Gasteiger partial charge in [0.05, 0.1) is 13.2 Å².